The maximum atomic E-state index is 13.8. The van der Waals surface area contributed by atoms with E-state index in [0.29, 0.717) is 12.0 Å². The highest BCUT2D eigenvalue weighted by molar-refractivity contribution is 9.09. The number of rotatable bonds is 3. The van der Waals surface area contributed by atoms with E-state index in [1.165, 1.54) is 0 Å². The van der Waals surface area contributed by atoms with Gasteiger partial charge in [0, 0.05) is 0 Å². The van der Waals surface area contributed by atoms with Crippen molar-refractivity contribution in [3.8, 4) is 0 Å². The van der Waals surface area contributed by atoms with Crippen molar-refractivity contribution in [1.29, 1.82) is 0 Å². The Kier molecular flexibility index (Phi) is 4.35. The lowest BCUT2D eigenvalue weighted by molar-refractivity contribution is -0.00905. The van der Waals surface area contributed by atoms with E-state index in [0.717, 1.165) is 0 Å². The molecule has 4 atom stereocenters. The summed E-state index contributed by atoms with van der Waals surface area (Å²) in [5.41, 5.74) is 0.414. The van der Waals surface area contributed by atoms with Crippen LogP contribution in [0.4, 0.5) is 4.39 Å². The second-order valence-corrected chi connectivity index (χ2v) is 5.02. The molecule has 1 aromatic carbocycles. The zero-order valence-corrected chi connectivity index (χ0v) is 11.5. The minimum Gasteiger partial charge on any atom is -0.453 e. The first-order valence-corrected chi connectivity index (χ1v) is 6.74. The van der Waals surface area contributed by atoms with Crippen molar-refractivity contribution in [2.24, 2.45) is 0 Å². The minimum atomic E-state index is -1.34. The van der Waals surface area contributed by atoms with Gasteiger partial charge in [-0.15, -0.1) is 0 Å². The molecule has 0 N–H and O–H groups in total. The maximum absolute atomic E-state index is 13.8. The van der Waals surface area contributed by atoms with Crippen molar-refractivity contribution in [1.82, 2.24) is 0 Å². The molecule has 0 aromatic heterocycles. The van der Waals surface area contributed by atoms with Crippen LogP contribution in [-0.4, -0.2) is 29.4 Å². The monoisotopic (exact) mass is 315 g/mol. The van der Waals surface area contributed by atoms with Crippen LogP contribution in [0, 0.1) is 0 Å². The van der Waals surface area contributed by atoms with Crippen molar-refractivity contribution in [3.05, 3.63) is 35.9 Å². The molecule has 0 bridgehead atoms. The number of hydrogen-bond acceptors (Lipinski definition) is 3. The van der Waals surface area contributed by atoms with Gasteiger partial charge in [0.25, 0.3) is 0 Å². The smallest absolute Gasteiger partial charge is 0.338 e. The third-order valence-corrected chi connectivity index (χ3v) is 3.61. The summed E-state index contributed by atoms with van der Waals surface area (Å²) in [7, 11) is 0. The highest BCUT2D eigenvalue weighted by atomic mass is 79.9. The van der Waals surface area contributed by atoms with Crippen LogP contribution in [0.3, 0.4) is 0 Å². The van der Waals surface area contributed by atoms with Gasteiger partial charge < -0.3 is 9.47 Å². The lowest BCUT2D eigenvalue weighted by Gasteiger charge is -2.18. The molecule has 0 aliphatic carbocycles. The molecule has 1 saturated heterocycles. The van der Waals surface area contributed by atoms with Crippen LogP contribution in [0.15, 0.2) is 30.3 Å². The Morgan fingerprint density at radius 2 is 2.11 bits per heavy atom. The number of alkyl halides is 2. The largest absolute Gasteiger partial charge is 0.453 e. The van der Waals surface area contributed by atoms with E-state index >= 15 is 0 Å². The molecule has 1 aromatic rings. The van der Waals surface area contributed by atoms with Gasteiger partial charge in [0.1, 0.15) is 5.01 Å². The molecular formula is C13H14BrFO3. The normalized spacial score (nSPS) is 31.3. The second kappa shape index (κ2) is 5.80. The third-order valence-electron chi connectivity index (χ3n) is 2.89. The summed E-state index contributed by atoms with van der Waals surface area (Å²) in [4.78, 5) is 11.9. The number of esters is 1. The van der Waals surface area contributed by atoms with Crippen molar-refractivity contribution in [2.45, 2.75) is 36.7 Å². The molecule has 2 rings (SSSR count). The maximum Gasteiger partial charge on any atom is 0.338 e. The topological polar surface area (TPSA) is 35.5 Å². The van der Waals surface area contributed by atoms with Crippen LogP contribution < -0.4 is 0 Å². The lowest BCUT2D eigenvalue weighted by atomic mass is 10.1. The standard InChI is InChI=1S/C13H14BrFO3/c1-2-9-11(10(15)12(14)17-9)18-13(16)8-6-4-3-5-7-8/h3-7,9-12H,2H2,1H3/t9-,10-,11?,12?/m1/s1/i15-1. The summed E-state index contributed by atoms with van der Waals surface area (Å²) in [5, 5.41) is -0.712. The Bertz CT molecular complexity index is 412. The van der Waals surface area contributed by atoms with Gasteiger partial charge in [0.15, 0.2) is 12.3 Å². The van der Waals surface area contributed by atoms with Gasteiger partial charge in [0.2, 0.25) is 0 Å². The summed E-state index contributed by atoms with van der Waals surface area (Å²) in [5.74, 6) is -0.521. The SMILES string of the molecule is CC[C@H]1OC(Br)[C@H]([18F])C1OC(=O)c1ccccc1. The number of carbonyl (C=O) groups excluding carboxylic acids is 1. The molecule has 1 aliphatic heterocycles. The number of carbonyl (C=O) groups is 1. The van der Waals surface area contributed by atoms with Crippen molar-refractivity contribution in [2.75, 3.05) is 0 Å². The third kappa shape index (κ3) is 2.72. The van der Waals surface area contributed by atoms with Crippen LogP contribution in [0.1, 0.15) is 23.7 Å². The Balaban J connectivity index is 2.06. The lowest BCUT2D eigenvalue weighted by Crippen LogP contribution is -2.33. The van der Waals surface area contributed by atoms with E-state index in [-0.39, 0.29) is 0 Å². The van der Waals surface area contributed by atoms with Gasteiger partial charge in [-0.2, -0.15) is 0 Å². The first-order chi connectivity index (χ1) is 8.63. The molecule has 0 saturated carbocycles. The Hall–Kier alpha value is -0.940. The Labute approximate surface area is 113 Å². The fourth-order valence-electron chi connectivity index (χ4n) is 1.91. The number of benzene rings is 1. The molecule has 1 aliphatic rings. The van der Waals surface area contributed by atoms with Gasteiger partial charge in [-0.05, 0) is 18.6 Å². The van der Waals surface area contributed by atoms with Crippen LogP contribution >= 0.6 is 15.9 Å². The first-order valence-electron chi connectivity index (χ1n) is 5.83. The molecule has 0 spiro atoms. The van der Waals surface area contributed by atoms with Crippen LogP contribution in [0.25, 0.3) is 0 Å². The molecule has 1 heterocycles. The summed E-state index contributed by atoms with van der Waals surface area (Å²) >= 11 is 3.08. The zero-order valence-electron chi connectivity index (χ0n) is 9.88. The van der Waals surface area contributed by atoms with Crippen LogP contribution in [0.5, 0.6) is 0 Å². The van der Waals surface area contributed by atoms with Gasteiger partial charge in [0.05, 0.1) is 11.7 Å². The van der Waals surface area contributed by atoms with Crippen LogP contribution in [-0.2, 0) is 9.47 Å². The molecule has 18 heavy (non-hydrogen) atoms. The highest BCUT2D eigenvalue weighted by Crippen LogP contribution is 2.32. The molecule has 3 nitrogen and oxygen atoms in total. The first kappa shape index (κ1) is 13.5. The van der Waals surface area contributed by atoms with Gasteiger partial charge >= 0.3 is 5.97 Å². The average molecular weight is 316 g/mol. The number of hydrogen-bond donors (Lipinski definition) is 0. The van der Waals surface area contributed by atoms with E-state index < -0.39 is 29.4 Å². The van der Waals surface area contributed by atoms with Crippen LogP contribution in [0.2, 0.25) is 0 Å². The fraction of sp³-hybridized carbons (Fsp3) is 0.462. The van der Waals surface area contributed by atoms with Crippen molar-refractivity contribution < 1.29 is 18.7 Å². The summed E-state index contributed by atoms with van der Waals surface area (Å²) in [6.07, 6.45) is -2.01. The molecule has 2 unspecified atom stereocenters. The second-order valence-electron chi connectivity index (χ2n) is 4.11. The van der Waals surface area contributed by atoms with Crippen molar-refractivity contribution >= 4 is 21.9 Å². The van der Waals surface area contributed by atoms with E-state index in [4.69, 9.17) is 9.47 Å². The highest BCUT2D eigenvalue weighted by Gasteiger charge is 2.45. The summed E-state index contributed by atoms with van der Waals surface area (Å²) in [6.45, 7) is 1.87. The van der Waals surface area contributed by atoms with E-state index in [2.05, 4.69) is 15.9 Å². The Morgan fingerprint density at radius 1 is 1.44 bits per heavy atom. The molecule has 98 valence electrons. The van der Waals surface area contributed by atoms with Gasteiger partial charge in [-0.3, -0.25) is 0 Å². The summed E-state index contributed by atoms with van der Waals surface area (Å²) < 4.78 is 24.4. The minimum absolute atomic E-state index is 0.406. The predicted molar refractivity (Wildman–Crippen MR) is 68.4 cm³/mol. The molecule has 0 radical (unpaired) electrons. The summed E-state index contributed by atoms with van der Waals surface area (Å²) in [6, 6.07) is 8.55. The quantitative estimate of drug-likeness (QED) is 0.635. The zero-order chi connectivity index (χ0) is 13.1. The number of halogens is 2. The Morgan fingerprint density at radius 3 is 2.72 bits per heavy atom. The van der Waals surface area contributed by atoms with E-state index in [1.807, 2.05) is 6.92 Å². The average Bonchev–Trinajstić information content (AvgIpc) is 2.67. The molecule has 1 fully saturated rings. The van der Waals surface area contributed by atoms with Crippen molar-refractivity contribution in [3.63, 3.8) is 0 Å². The van der Waals surface area contributed by atoms with Gasteiger partial charge in [-0.25, -0.2) is 9.18 Å². The number of ether oxygens (including phenoxy) is 2. The van der Waals surface area contributed by atoms with Gasteiger partial charge in [-0.1, -0.05) is 41.1 Å². The van der Waals surface area contributed by atoms with E-state index in [9.17, 15) is 9.18 Å². The fourth-order valence-corrected chi connectivity index (χ4v) is 2.49. The predicted octanol–water partition coefficient (Wildman–Crippen LogP) is 3.08. The molecular weight excluding hydrogens is 302 g/mol. The molecule has 5 heteroatoms. The molecule has 0 amide bonds. The van der Waals surface area contributed by atoms with E-state index in [1.54, 1.807) is 30.3 Å².